The third-order valence-corrected chi connectivity index (χ3v) is 3.11. The first kappa shape index (κ1) is 13.7. The molecule has 90 valence electrons. The van der Waals surface area contributed by atoms with Gasteiger partial charge in [-0.2, -0.15) is 0 Å². The van der Waals surface area contributed by atoms with Crippen LogP contribution in [0.3, 0.4) is 0 Å². The molecule has 1 N–H and O–H groups in total. The maximum absolute atomic E-state index is 4.23. The molecular formula is C13H21BrN2. The van der Waals surface area contributed by atoms with E-state index in [2.05, 4.69) is 46.1 Å². The molecule has 0 saturated carbocycles. The molecule has 1 rings (SSSR count). The molecule has 1 aromatic heterocycles. The molecule has 0 fully saturated rings. The van der Waals surface area contributed by atoms with Crippen molar-refractivity contribution in [3.63, 3.8) is 0 Å². The second kappa shape index (κ2) is 7.80. The highest BCUT2D eigenvalue weighted by molar-refractivity contribution is 9.10. The van der Waals surface area contributed by atoms with Crippen molar-refractivity contribution in [2.45, 2.75) is 45.6 Å². The van der Waals surface area contributed by atoms with E-state index >= 15 is 0 Å². The van der Waals surface area contributed by atoms with Gasteiger partial charge in [0.1, 0.15) is 0 Å². The zero-order chi connectivity index (χ0) is 11.8. The van der Waals surface area contributed by atoms with Gasteiger partial charge in [-0.05, 0) is 40.5 Å². The maximum Gasteiger partial charge on any atom is 0.0410 e. The highest BCUT2D eigenvalue weighted by atomic mass is 79.9. The molecule has 1 unspecified atom stereocenters. The van der Waals surface area contributed by atoms with Crippen molar-refractivity contribution in [1.29, 1.82) is 0 Å². The molecule has 0 aliphatic carbocycles. The van der Waals surface area contributed by atoms with Crippen LogP contribution in [-0.4, -0.2) is 11.5 Å². The Labute approximate surface area is 107 Å². The SMILES string of the molecule is CCCCCC(NCC)c1cncc(Br)c1. The molecule has 16 heavy (non-hydrogen) atoms. The number of aromatic nitrogens is 1. The van der Waals surface area contributed by atoms with Gasteiger partial charge in [-0.15, -0.1) is 0 Å². The zero-order valence-corrected chi connectivity index (χ0v) is 11.8. The predicted molar refractivity (Wildman–Crippen MR) is 72.5 cm³/mol. The standard InChI is InChI=1S/C13H21BrN2/c1-3-5-6-7-13(16-4-2)11-8-12(14)10-15-9-11/h8-10,13,16H,3-7H2,1-2H3. The van der Waals surface area contributed by atoms with Gasteiger partial charge in [-0.3, -0.25) is 4.98 Å². The molecule has 0 aliphatic rings. The Bertz CT molecular complexity index is 302. The van der Waals surface area contributed by atoms with E-state index in [0.717, 1.165) is 11.0 Å². The molecule has 1 aromatic rings. The Morgan fingerprint density at radius 2 is 2.12 bits per heavy atom. The lowest BCUT2D eigenvalue weighted by Gasteiger charge is -2.18. The summed E-state index contributed by atoms with van der Waals surface area (Å²) in [5.74, 6) is 0. The van der Waals surface area contributed by atoms with Crippen LogP contribution in [0.4, 0.5) is 0 Å². The number of nitrogens with zero attached hydrogens (tertiary/aromatic N) is 1. The summed E-state index contributed by atoms with van der Waals surface area (Å²) in [5.41, 5.74) is 1.28. The number of unbranched alkanes of at least 4 members (excludes halogenated alkanes) is 2. The second-order valence-electron chi connectivity index (χ2n) is 4.04. The monoisotopic (exact) mass is 284 g/mol. The van der Waals surface area contributed by atoms with Gasteiger partial charge in [-0.1, -0.05) is 33.1 Å². The summed E-state index contributed by atoms with van der Waals surface area (Å²) in [6, 6.07) is 2.60. The van der Waals surface area contributed by atoms with E-state index in [9.17, 15) is 0 Å². The minimum absolute atomic E-state index is 0.446. The maximum atomic E-state index is 4.23. The topological polar surface area (TPSA) is 24.9 Å². The number of hydrogen-bond acceptors (Lipinski definition) is 2. The summed E-state index contributed by atoms with van der Waals surface area (Å²) in [5, 5.41) is 3.52. The van der Waals surface area contributed by atoms with Crippen molar-refractivity contribution >= 4 is 15.9 Å². The molecule has 0 saturated heterocycles. The van der Waals surface area contributed by atoms with Gasteiger partial charge in [-0.25, -0.2) is 0 Å². The molecule has 0 amide bonds. The number of pyridine rings is 1. The second-order valence-corrected chi connectivity index (χ2v) is 4.96. The molecule has 1 atom stereocenters. The molecule has 0 spiro atoms. The molecule has 0 aliphatic heterocycles. The summed E-state index contributed by atoms with van der Waals surface area (Å²) in [6.07, 6.45) is 8.85. The fourth-order valence-electron chi connectivity index (χ4n) is 1.85. The van der Waals surface area contributed by atoms with Gasteiger partial charge in [0.2, 0.25) is 0 Å². The normalized spacial score (nSPS) is 12.7. The molecule has 1 heterocycles. The number of nitrogens with one attached hydrogen (secondary N) is 1. The fraction of sp³-hybridized carbons (Fsp3) is 0.615. The first-order valence-electron chi connectivity index (χ1n) is 6.11. The van der Waals surface area contributed by atoms with Gasteiger partial charge in [0.05, 0.1) is 0 Å². The smallest absolute Gasteiger partial charge is 0.0410 e. The third-order valence-electron chi connectivity index (χ3n) is 2.68. The summed E-state index contributed by atoms with van der Waals surface area (Å²) in [6.45, 7) is 5.39. The van der Waals surface area contributed by atoms with Gasteiger partial charge in [0, 0.05) is 22.9 Å². The van der Waals surface area contributed by atoms with Crippen molar-refractivity contribution in [3.8, 4) is 0 Å². The lowest BCUT2D eigenvalue weighted by atomic mass is 10.0. The van der Waals surface area contributed by atoms with E-state index in [1.165, 1.54) is 31.2 Å². The summed E-state index contributed by atoms with van der Waals surface area (Å²) < 4.78 is 1.06. The Kier molecular flexibility index (Phi) is 6.65. The zero-order valence-electron chi connectivity index (χ0n) is 10.2. The Balaban J connectivity index is 2.61. The Morgan fingerprint density at radius 1 is 1.31 bits per heavy atom. The number of rotatable bonds is 7. The van der Waals surface area contributed by atoms with Crippen molar-refractivity contribution in [3.05, 3.63) is 28.5 Å². The van der Waals surface area contributed by atoms with Crippen LogP contribution in [0.1, 0.15) is 51.1 Å². The quantitative estimate of drug-likeness (QED) is 0.764. The van der Waals surface area contributed by atoms with E-state index in [1.54, 1.807) is 0 Å². The molecular weight excluding hydrogens is 264 g/mol. The van der Waals surface area contributed by atoms with E-state index in [1.807, 2.05) is 12.4 Å². The largest absolute Gasteiger partial charge is 0.310 e. The molecule has 0 bridgehead atoms. The van der Waals surface area contributed by atoms with E-state index in [0.29, 0.717) is 6.04 Å². The highest BCUT2D eigenvalue weighted by Gasteiger charge is 2.10. The van der Waals surface area contributed by atoms with Crippen LogP contribution in [0, 0.1) is 0 Å². The van der Waals surface area contributed by atoms with Crippen LogP contribution in [-0.2, 0) is 0 Å². The fourth-order valence-corrected chi connectivity index (χ4v) is 2.23. The predicted octanol–water partition coefficient (Wildman–Crippen LogP) is 4.08. The lowest BCUT2D eigenvalue weighted by Crippen LogP contribution is -2.21. The van der Waals surface area contributed by atoms with Crippen LogP contribution in [0.15, 0.2) is 22.9 Å². The molecule has 0 radical (unpaired) electrons. The van der Waals surface area contributed by atoms with Crippen LogP contribution in [0.5, 0.6) is 0 Å². The van der Waals surface area contributed by atoms with Gasteiger partial charge in [0.15, 0.2) is 0 Å². The molecule has 0 aromatic carbocycles. The van der Waals surface area contributed by atoms with Crippen LogP contribution < -0.4 is 5.32 Å². The van der Waals surface area contributed by atoms with Gasteiger partial charge < -0.3 is 5.32 Å². The van der Waals surface area contributed by atoms with Gasteiger partial charge >= 0.3 is 0 Å². The Morgan fingerprint density at radius 3 is 2.75 bits per heavy atom. The highest BCUT2D eigenvalue weighted by Crippen LogP contribution is 2.21. The van der Waals surface area contributed by atoms with Crippen molar-refractivity contribution in [1.82, 2.24) is 10.3 Å². The van der Waals surface area contributed by atoms with E-state index in [-0.39, 0.29) is 0 Å². The number of hydrogen-bond donors (Lipinski definition) is 1. The molecule has 3 heteroatoms. The number of halogens is 1. The van der Waals surface area contributed by atoms with Crippen LogP contribution >= 0.6 is 15.9 Å². The van der Waals surface area contributed by atoms with Crippen LogP contribution in [0.25, 0.3) is 0 Å². The van der Waals surface area contributed by atoms with Crippen molar-refractivity contribution in [2.24, 2.45) is 0 Å². The summed E-state index contributed by atoms with van der Waals surface area (Å²) >= 11 is 3.47. The van der Waals surface area contributed by atoms with Crippen LogP contribution in [0.2, 0.25) is 0 Å². The first-order valence-corrected chi connectivity index (χ1v) is 6.91. The summed E-state index contributed by atoms with van der Waals surface area (Å²) in [7, 11) is 0. The Hall–Kier alpha value is -0.410. The summed E-state index contributed by atoms with van der Waals surface area (Å²) in [4.78, 5) is 4.23. The van der Waals surface area contributed by atoms with Crippen molar-refractivity contribution < 1.29 is 0 Å². The van der Waals surface area contributed by atoms with E-state index in [4.69, 9.17) is 0 Å². The van der Waals surface area contributed by atoms with Gasteiger partial charge in [0.25, 0.3) is 0 Å². The van der Waals surface area contributed by atoms with E-state index < -0.39 is 0 Å². The third kappa shape index (κ3) is 4.62. The minimum Gasteiger partial charge on any atom is -0.310 e. The molecule has 2 nitrogen and oxygen atoms in total. The average molecular weight is 285 g/mol. The lowest BCUT2D eigenvalue weighted by molar-refractivity contribution is 0.485. The van der Waals surface area contributed by atoms with Crippen molar-refractivity contribution in [2.75, 3.05) is 6.54 Å². The minimum atomic E-state index is 0.446. The average Bonchev–Trinajstić information content (AvgIpc) is 2.28. The first-order chi connectivity index (χ1) is 7.77.